The zero-order valence-electron chi connectivity index (χ0n) is 11.4. The molecule has 1 heterocycles. The lowest BCUT2D eigenvalue weighted by Crippen LogP contribution is -2.18. The molecule has 0 saturated heterocycles. The third-order valence-electron chi connectivity index (χ3n) is 2.79. The van der Waals surface area contributed by atoms with Crippen LogP contribution >= 0.6 is 11.6 Å². The average Bonchev–Trinajstić information content (AvgIpc) is 2.88. The number of rotatable bonds is 5. The highest BCUT2D eigenvalue weighted by Crippen LogP contribution is 2.28. The minimum Gasteiger partial charge on any atom is -0.495 e. The van der Waals surface area contributed by atoms with Crippen LogP contribution in [0.5, 0.6) is 5.75 Å². The zero-order valence-corrected chi connectivity index (χ0v) is 12.1. The van der Waals surface area contributed by atoms with Crippen LogP contribution in [0.3, 0.4) is 0 Å². The summed E-state index contributed by atoms with van der Waals surface area (Å²) >= 11 is 5.94. The molecule has 2 aromatic rings. The second kappa shape index (κ2) is 6.43. The van der Waals surface area contributed by atoms with Gasteiger partial charge in [-0.05, 0) is 30.7 Å². The van der Waals surface area contributed by atoms with Gasteiger partial charge in [0.1, 0.15) is 11.4 Å². The highest BCUT2D eigenvalue weighted by Gasteiger charge is 2.14. The van der Waals surface area contributed by atoms with E-state index in [9.17, 15) is 4.79 Å². The van der Waals surface area contributed by atoms with Crippen molar-refractivity contribution in [3.05, 3.63) is 41.2 Å². The molecule has 1 aromatic carbocycles. The average molecular weight is 294 g/mol. The number of benzene rings is 1. The number of ether oxygens (including phenoxy) is 1. The Hall–Kier alpha value is -2.01. The molecule has 0 spiro atoms. The lowest BCUT2D eigenvalue weighted by atomic mass is 10.2. The SMILES string of the molecule is CCCn1nccc1C(=O)Nc1cc(Cl)ccc1OC. The van der Waals surface area contributed by atoms with Gasteiger partial charge in [-0.3, -0.25) is 9.48 Å². The van der Waals surface area contributed by atoms with Crippen molar-refractivity contribution in [2.45, 2.75) is 19.9 Å². The summed E-state index contributed by atoms with van der Waals surface area (Å²) in [6.45, 7) is 2.73. The Kier molecular flexibility index (Phi) is 4.63. The van der Waals surface area contributed by atoms with Crippen molar-refractivity contribution < 1.29 is 9.53 Å². The number of hydrogen-bond acceptors (Lipinski definition) is 3. The molecule has 1 N–H and O–H groups in total. The van der Waals surface area contributed by atoms with Gasteiger partial charge in [-0.25, -0.2) is 0 Å². The van der Waals surface area contributed by atoms with Gasteiger partial charge in [0.2, 0.25) is 0 Å². The molecular weight excluding hydrogens is 278 g/mol. The van der Waals surface area contributed by atoms with E-state index in [0.717, 1.165) is 6.42 Å². The topological polar surface area (TPSA) is 56.2 Å². The van der Waals surface area contributed by atoms with Crippen molar-refractivity contribution in [2.24, 2.45) is 0 Å². The lowest BCUT2D eigenvalue weighted by Gasteiger charge is -2.11. The van der Waals surface area contributed by atoms with Gasteiger partial charge in [-0.2, -0.15) is 5.10 Å². The summed E-state index contributed by atoms with van der Waals surface area (Å²) < 4.78 is 6.87. The molecule has 0 saturated carbocycles. The van der Waals surface area contributed by atoms with Crippen molar-refractivity contribution in [2.75, 3.05) is 12.4 Å². The minimum atomic E-state index is -0.239. The Morgan fingerprint density at radius 3 is 2.95 bits per heavy atom. The van der Waals surface area contributed by atoms with Crippen LogP contribution in [0.25, 0.3) is 0 Å². The number of hydrogen-bond donors (Lipinski definition) is 1. The molecule has 0 bridgehead atoms. The molecule has 0 fully saturated rings. The maximum Gasteiger partial charge on any atom is 0.274 e. The van der Waals surface area contributed by atoms with Gasteiger partial charge in [0.25, 0.3) is 5.91 Å². The number of amides is 1. The maximum atomic E-state index is 12.3. The first-order valence-electron chi connectivity index (χ1n) is 6.32. The summed E-state index contributed by atoms with van der Waals surface area (Å²) in [6, 6.07) is 6.75. The van der Waals surface area contributed by atoms with Crippen molar-refractivity contribution in [3.63, 3.8) is 0 Å². The highest BCUT2D eigenvalue weighted by molar-refractivity contribution is 6.31. The monoisotopic (exact) mass is 293 g/mol. The Labute approximate surface area is 122 Å². The molecule has 1 aromatic heterocycles. The molecule has 106 valence electrons. The first kappa shape index (κ1) is 14.4. The molecule has 5 nitrogen and oxygen atoms in total. The molecule has 1 amide bonds. The van der Waals surface area contributed by atoms with Crippen molar-refractivity contribution in [1.82, 2.24) is 9.78 Å². The van der Waals surface area contributed by atoms with E-state index in [-0.39, 0.29) is 5.91 Å². The van der Waals surface area contributed by atoms with Crippen molar-refractivity contribution >= 4 is 23.2 Å². The number of methoxy groups -OCH3 is 1. The molecule has 0 aliphatic carbocycles. The first-order valence-corrected chi connectivity index (χ1v) is 6.70. The van der Waals surface area contributed by atoms with Crippen LogP contribution in [-0.2, 0) is 6.54 Å². The molecule has 0 radical (unpaired) electrons. The number of aryl methyl sites for hydroxylation is 1. The second-order valence-corrected chi connectivity index (χ2v) is 4.67. The third-order valence-corrected chi connectivity index (χ3v) is 3.03. The summed E-state index contributed by atoms with van der Waals surface area (Å²) in [7, 11) is 1.54. The second-order valence-electron chi connectivity index (χ2n) is 4.24. The molecule has 0 atom stereocenters. The number of carbonyl (C=O) groups is 1. The molecule has 0 aliphatic heterocycles. The van der Waals surface area contributed by atoms with Gasteiger partial charge in [0, 0.05) is 17.8 Å². The van der Waals surface area contributed by atoms with Crippen LogP contribution in [-0.4, -0.2) is 22.8 Å². The van der Waals surface area contributed by atoms with Gasteiger partial charge >= 0.3 is 0 Å². The van der Waals surface area contributed by atoms with E-state index in [1.807, 2.05) is 6.92 Å². The van der Waals surface area contributed by atoms with E-state index < -0.39 is 0 Å². The van der Waals surface area contributed by atoms with Crippen LogP contribution in [0.15, 0.2) is 30.5 Å². The molecule has 6 heteroatoms. The van der Waals surface area contributed by atoms with Gasteiger partial charge in [-0.1, -0.05) is 18.5 Å². The van der Waals surface area contributed by atoms with Crippen LogP contribution in [0.1, 0.15) is 23.8 Å². The van der Waals surface area contributed by atoms with E-state index in [4.69, 9.17) is 16.3 Å². The summed E-state index contributed by atoms with van der Waals surface area (Å²) in [4.78, 5) is 12.3. The molecular formula is C14H16ClN3O2. The number of anilines is 1. The van der Waals surface area contributed by atoms with E-state index in [2.05, 4.69) is 10.4 Å². The number of aromatic nitrogens is 2. The highest BCUT2D eigenvalue weighted by atomic mass is 35.5. The molecule has 0 unspecified atom stereocenters. The standard InChI is InChI=1S/C14H16ClN3O2/c1-3-8-18-12(6-7-16-18)14(19)17-11-9-10(15)4-5-13(11)20-2/h4-7,9H,3,8H2,1-2H3,(H,17,19). The fourth-order valence-electron chi connectivity index (χ4n) is 1.88. The van der Waals surface area contributed by atoms with Crippen molar-refractivity contribution in [3.8, 4) is 5.75 Å². The number of carbonyl (C=O) groups excluding carboxylic acids is 1. The van der Waals surface area contributed by atoms with E-state index in [0.29, 0.717) is 28.7 Å². The summed E-state index contributed by atoms with van der Waals surface area (Å²) in [6.07, 6.45) is 2.52. The Morgan fingerprint density at radius 1 is 1.45 bits per heavy atom. The summed E-state index contributed by atoms with van der Waals surface area (Å²) in [5, 5.41) is 7.45. The van der Waals surface area contributed by atoms with Crippen LogP contribution in [0.4, 0.5) is 5.69 Å². The lowest BCUT2D eigenvalue weighted by molar-refractivity contribution is 0.101. The normalized spacial score (nSPS) is 10.3. The van der Waals surface area contributed by atoms with Crippen LogP contribution in [0.2, 0.25) is 5.02 Å². The molecule has 20 heavy (non-hydrogen) atoms. The Bertz CT molecular complexity index is 610. The molecule has 2 rings (SSSR count). The van der Waals surface area contributed by atoms with Crippen LogP contribution in [0, 0.1) is 0 Å². The predicted octanol–water partition coefficient (Wildman–Crippen LogP) is 3.21. The third kappa shape index (κ3) is 3.11. The van der Waals surface area contributed by atoms with E-state index >= 15 is 0 Å². The zero-order chi connectivity index (χ0) is 14.5. The van der Waals surface area contributed by atoms with Crippen molar-refractivity contribution in [1.29, 1.82) is 0 Å². The number of halogens is 1. The van der Waals surface area contributed by atoms with Gasteiger partial charge in [0.05, 0.1) is 12.8 Å². The fourth-order valence-corrected chi connectivity index (χ4v) is 2.05. The summed E-state index contributed by atoms with van der Waals surface area (Å²) in [5.74, 6) is 0.320. The first-order chi connectivity index (χ1) is 9.65. The van der Waals surface area contributed by atoms with Gasteiger partial charge < -0.3 is 10.1 Å². The smallest absolute Gasteiger partial charge is 0.274 e. The van der Waals surface area contributed by atoms with Gasteiger partial charge in [0.15, 0.2) is 0 Å². The number of nitrogens with one attached hydrogen (secondary N) is 1. The predicted molar refractivity (Wildman–Crippen MR) is 78.5 cm³/mol. The largest absolute Gasteiger partial charge is 0.495 e. The minimum absolute atomic E-state index is 0.239. The quantitative estimate of drug-likeness (QED) is 0.921. The fraction of sp³-hybridized carbons (Fsp3) is 0.286. The number of nitrogens with zero attached hydrogens (tertiary/aromatic N) is 2. The van der Waals surface area contributed by atoms with Gasteiger partial charge in [-0.15, -0.1) is 0 Å². The maximum absolute atomic E-state index is 12.3. The molecule has 0 aliphatic rings. The van der Waals surface area contributed by atoms with Crippen LogP contribution < -0.4 is 10.1 Å². The van der Waals surface area contributed by atoms with E-state index in [1.54, 1.807) is 42.3 Å². The Morgan fingerprint density at radius 2 is 2.25 bits per heavy atom. The summed E-state index contributed by atoms with van der Waals surface area (Å²) in [5.41, 5.74) is 1.04. The van der Waals surface area contributed by atoms with E-state index in [1.165, 1.54) is 0 Å². The Balaban J connectivity index is 2.23.